The van der Waals surface area contributed by atoms with Crippen molar-refractivity contribution in [2.24, 2.45) is 0 Å². The van der Waals surface area contributed by atoms with Crippen LogP contribution < -0.4 is 14.8 Å². The molecule has 1 amide bonds. The summed E-state index contributed by atoms with van der Waals surface area (Å²) in [5, 5.41) is 6.62. The number of nitrogens with zero attached hydrogens (tertiary/aromatic N) is 1. The summed E-state index contributed by atoms with van der Waals surface area (Å²) < 4.78 is 15.8. The van der Waals surface area contributed by atoms with Crippen LogP contribution in [0.15, 0.2) is 59.3 Å². The van der Waals surface area contributed by atoms with Crippen LogP contribution >= 0.6 is 0 Å². The summed E-state index contributed by atoms with van der Waals surface area (Å²) in [6.07, 6.45) is 1.43. The summed E-state index contributed by atoms with van der Waals surface area (Å²) in [4.78, 5) is 12.4. The van der Waals surface area contributed by atoms with Crippen LogP contribution in [-0.4, -0.2) is 17.9 Å². The van der Waals surface area contributed by atoms with Crippen LogP contribution in [0.5, 0.6) is 11.5 Å². The molecule has 0 atom stereocenters. The molecule has 0 bridgehead atoms. The van der Waals surface area contributed by atoms with Crippen LogP contribution in [0.2, 0.25) is 0 Å². The number of fused-ring (bicyclic) bond motifs is 1. The fourth-order valence-electron chi connectivity index (χ4n) is 2.53. The number of carbonyl (C=O) groups excluding carboxylic acids is 1. The van der Waals surface area contributed by atoms with E-state index in [9.17, 15) is 4.79 Å². The lowest BCUT2D eigenvalue weighted by Gasteiger charge is -2.06. The zero-order valence-electron chi connectivity index (χ0n) is 12.7. The van der Waals surface area contributed by atoms with Gasteiger partial charge in [-0.2, -0.15) is 0 Å². The molecule has 4 rings (SSSR count). The van der Waals surface area contributed by atoms with Gasteiger partial charge in [-0.25, -0.2) is 0 Å². The Balaban J connectivity index is 1.49. The highest BCUT2D eigenvalue weighted by Crippen LogP contribution is 2.32. The average molecular weight is 322 g/mol. The van der Waals surface area contributed by atoms with Crippen LogP contribution in [0, 0.1) is 0 Å². The summed E-state index contributed by atoms with van der Waals surface area (Å²) >= 11 is 0. The van der Waals surface area contributed by atoms with Crippen LogP contribution in [0.25, 0.3) is 11.3 Å². The van der Waals surface area contributed by atoms with Gasteiger partial charge in [0.1, 0.15) is 5.56 Å². The number of carbonyl (C=O) groups is 1. The van der Waals surface area contributed by atoms with Crippen molar-refractivity contribution < 1.29 is 18.8 Å². The average Bonchev–Trinajstić information content (AvgIpc) is 3.29. The van der Waals surface area contributed by atoms with Crippen molar-refractivity contribution in [2.45, 2.75) is 6.54 Å². The number of amides is 1. The first-order valence-electron chi connectivity index (χ1n) is 7.48. The van der Waals surface area contributed by atoms with Crippen molar-refractivity contribution in [3.8, 4) is 22.8 Å². The summed E-state index contributed by atoms with van der Waals surface area (Å²) in [5.74, 6) is 1.62. The molecule has 0 radical (unpaired) electrons. The van der Waals surface area contributed by atoms with Crippen molar-refractivity contribution in [3.63, 3.8) is 0 Å². The second kappa shape index (κ2) is 6.08. The Bertz CT molecular complexity index is 874. The van der Waals surface area contributed by atoms with Gasteiger partial charge in [-0.15, -0.1) is 0 Å². The van der Waals surface area contributed by atoms with E-state index < -0.39 is 0 Å². The zero-order chi connectivity index (χ0) is 16.4. The van der Waals surface area contributed by atoms with Crippen molar-refractivity contribution >= 4 is 5.91 Å². The molecule has 2 heterocycles. The molecule has 6 nitrogen and oxygen atoms in total. The predicted molar refractivity (Wildman–Crippen MR) is 85.7 cm³/mol. The SMILES string of the molecule is O=C(NCc1ccc2c(c1)OCO2)c1cnoc1-c1ccccc1. The van der Waals surface area contributed by atoms with Crippen LogP contribution in [0.1, 0.15) is 15.9 Å². The Hall–Kier alpha value is -3.28. The standard InChI is InChI=1S/C18H14N2O4/c21-18(14-10-20-24-17(14)13-4-2-1-3-5-13)19-9-12-6-7-15-16(8-12)23-11-22-15/h1-8,10H,9,11H2,(H,19,21). The summed E-state index contributed by atoms with van der Waals surface area (Å²) in [6, 6.07) is 15.0. The molecule has 1 N–H and O–H groups in total. The van der Waals surface area contributed by atoms with Gasteiger partial charge in [0.15, 0.2) is 17.3 Å². The Morgan fingerprint density at radius 3 is 2.79 bits per heavy atom. The van der Waals surface area contributed by atoms with Crippen LogP contribution in [0.4, 0.5) is 0 Å². The van der Waals surface area contributed by atoms with Gasteiger partial charge in [0.25, 0.3) is 5.91 Å². The highest BCUT2D eigenvalue weighted by molar-refractivity contribution is 5.99. The zero-order valence-corrected chi connectivity index (χ0v) is 12.7. The maximum absolute atomic E-state index is 12.4. The van der Waals surface area contributed by atoms with Crippen LogP contribution in [0.3, 0.4) is 0 Å². The summed E-state index contributed by atoms with van der Waals surface area (Å²) in [6.45, 7) is 0.598. The number of hydrogen-bond donors (Lipinski definition) is 1. The molecule has 1 aliphatic heterocycles. The smallest absolute Gasteiger partial charge is 0.257 e. The molecule has 24 heavy (non-hydrogen) atoms. The molecule has 1 aliphatic rings. The van der Waals surface area contributed by atoms with Gasteiger partial charge < -0.3 is 19.3 Å². The number of nitrogens with one attached hydrogen (secondary N) is 1. The second-order valence-electron chi connectivity index (χ2n) is 5.30. The lowest BCUT2D eigenvalue weighted by Crippen LogP contribution is -2.22. The lowest BCUT2D eigenvalue weighted by atomic mass is 10.1. The predicted octanol–water partition coefficient (Wildman–Crippen LogP) is 3.00. The maximum Gasteiger partial charge on any atom is 0.257 e. The number of ether oxygens (including phenoxy) is 2. The van der Waals surface area contributed by atoms with Gasteiger partial charge >= 0.3 is 0 Å². The fraction of sp³-hybridized carbons (Fsp3) is 0.111. The van der Waals surface area contributed by atoms with E-state index in [4.69, 9.17) is 14.0 Å². The summed E-state index contributed by atoms with van der Waals surface area (Å²) in [7, 11) is 0. The molecule has 0 unspecified atom stereocenters. The molecule has 120 valence electrons. The third-order valence-electron chi connectivity index (χ3n) is 3.74. The van der Waals surface area contributed by atoms with Gasteiger partial charge in [0, 0.05) is 12.1 Å². The Labute approximate surface area is 138 Å². The van der Waals surface area contributed by atoms with E-state index in [2.05, 4.69) is 10.5 Å². The monoisotopic (exact) mass is 322 g/mol. The van der Waals surface area contributed by atoms with Crippen molar-refractivity contribution in [3.05, 3.63) is 65.9 Å². The quantitative estimate of drug-likeness (QED) is 0.799. The van der Waals surface area contributed by atoms with Crippen molar-refractivity contribution in [2.75, 3.05) is 6.79 Å². The van der Waals surface area contributed by atoms with Gasteiger partial charge in [-0.05, 0) is 17.7 Å². The lowest BCUT2D eigenvalue weighted by molar-refractivity contribution is 0.0951. The second-order valence-corrected chi connectivity index (χ2v) is 5.30. The minimum Gasteiger partial charge on any atom is -0.454 e. The Morgan fingerprint density at radius 1 is 1.08 bits per heavy atom. The van der Waals surface area contributed by atoms with E-state index >= 15 is 0 Å². The normalized spacial score (nSPS) is 12.2. The number of aromatic nitrogens is 1. The number of rotatable bonds is 4. The molecule has 1 aromatic heterocycles. The molecular formula is C18H14N2O4. The molecule has 0 spiro atoms. The topological polar surface area (TPSA) is 73.6 Å². The third-order valence-corrected chi connectivity index (χ3v) is 3.74. The molecule has 2 aromatic carbocycles. The van der Waals surface area contributed by atoms with E-state index in [0.717, 1.165) is 16.9 Å². The van der Waals surface area contributed by atoms with Crippen molar-refractivity contribution in [1.29, 1.82) is 0 Å². The summed E-state index contributed by atoms with van der Waals surface area (Å²) in [5.41, 5.74) is 2.13. The number of benzene rings is 2. The molecular weight excluding hydrogens is 308 g/mol. The van der Waals surface area contributed by atoms with Gasteiger partial charge in [0.2, 0.25) is 6.79 Å². The van der Waals surface area contributed by atoms with Crippen LogP contribution in [-0.2, 0) is 6.54 Å². The minimum absolute atomic E-state index is 0.228. The first-order chi connectivity index (χ1) is 11.8. The first kappa shape index (κ1) is 14.3. The minimum atomic E-state index is -0.243. The van der Waals surface area contributed by atoms with Gasteiger partial charge in [-0.1, -0.05) is 41.6 Å². The molecule has 6 heteroatoms. The molecule has 3 aromatic rings. The Kier molecular flexibility index (Phi) is 3.63. The third kappa shape index (κ3) is 2.69. The highest BCUT2D eigenvalue weighted by atomic mass is 16.7. The highest BCUT2D eigenvalue weighted by Gasteiger charge is 2.18. The van der Waals surface area contributed by atoms with Gasteiger partial charge in [-0.3, -0.25) is 4.79 Å². The molecule has 0 saturated heterocycles. The van der Waals surface area contributed by atoms with Gasteiger partial charge in [0.05, 0.1) is 6.20 Å². The Morgan fingerprint density at radius 2 is 1.92 bits per heavy atom. The van der Waals surface area contributed by atoms with E-state index in [0.29, 0.717) is 23.6 Å². The fourth-order valence-corrected chi connectivity index (χ4v) is 2.53. The molecule has 0 aliphatic carbocycles. The van der Waals surface area contributed by atoms with E-state index in [1.807, 2.05) is 48.5 Å². The van der Waals surface area contributed by atoms with E-state index in [1.165, 1.54) is 6.20 Å². The number of hydrogen-bond acceptors (Lipinski definition) is 5. The molecule has 0 saturated carbocycles. The largest absolute Gasteiger partial charge is 0.454 e. The maximum atomic E-state index is 12.4. The van der Waals surface area contributed by atoms with E-state index in [-0.39, 0.29) is 12.7 Å². The first-order valence-corrected chi connectivity index (χ1v) is 7.48. The molecule has 0 fully saturated rings. The van der Waals surface area contributed by atoms with Crippen molar-refractivity contribution in [1.82, 2.24) is 10.5 Å². The van der Waals surface area contributed by atoms with E-state index in [1.54, 1.807) is 0 Å².